The molecule has 2 heterocycles. The van der Waals surface area contributed by atoms with Crippen LogP contribution in [0.4, 0.5) is 0 Å². The topological polar surface area (TPSA) is 115 Å². The lowest BCUT2D eigenvalue weighted by Gasteiger charge is -2.35. The molecule has 214 valence electrons. The van der Waals surface area contributed by atoms with Crippen LogP contribution in [0.1, 0.15) is 62.7 Å². The number of hydrogen-bond acceptors (Lipinski definition) is 8. The van der Waals surface area contributed by atoms with Crippen molar-refractivity contribution in [1.82, 2.24) is 10.6 Å². The van der Waals surface area contributed by atoms with E-state index in [2.05, 4.69) is 24.5 Å². The van der Waals surface area contributed by atoms with Gasteiger partial charge in [0.1, 0.15) is 5.78 Å². The number of aliphatic hydroxyl groups is 1. The van der Waals surface area contributed by atoms with Crippen LogP contribution in [0.15, 0.2) is 36.4 Å². The lowest BCUT2D eigenvalue weighted by molar-refractivity contribution is -0.132. The van der Waals surface area contributed by atoms with Crippen LogP contribution in [0, 0.1) is 11.8 Å². The van der Waals surface area contributed by atoms with Gasteiger partial charge in [-0.3, -0.25) is 9.59 Å². The molecule has 0 spiro atoms. The van der Waals surface area contributed by atoms with Gasteiger partial charge in [-0.15, -0.1) is 0 Å². The Morgan fingerprint density at radius 2 is 1.38 bits per heavy atom. The molecule has 2 aromatic rings. The van der Waals surface area contributed by atoms with Gasteiger partial charge >= 0.3 is 0 Å². The average molecular weight is 543 g/mol. The van der Waals surface area contributed by atoms with Crippen molar-refractivity contribution in [3.63, 3.8) is 0 Å². The van der Waals surface area contributed by atoms with Gasteiger partial charge in [0.15, 0.2) is 23.0 Å². The van der Waals surface area contributed by atoms with Crippen molar-refractivity contribution in [3.05, 3.63) is 47.5 Å². The molecule has 1 amide bonds. The molecule has 4 rings (SSSR count). The number of benzene rings is 2. The molecule has 3 N–H and O–H groups in total. The SMILES string of the molecule is COc1ccc(C2CC(=O)CC(=O)N2)cc1OC.COc1ccc(C2CC(O)C(CC(C)C)CN2)cc1OC. The number of methoxy groups -OCH3 is 4. The zero-order valence-electron chi connectivity index (χ0n) is 23.8. The van der Waals surface area contributed by atoms with Crippen molar-refractivity contribution in [1.29, 1.82) is 0 Å². The van der Waals surface area contributed by atoms with Crippen molar-refractivity contribution in [2.75, 3.05) is 35.0 Å². The highest BCUT2D eigenvalue weighted by molar-refractivity contribution is 6.00. The Kier molecular flexibility index (Phi) is 11.0. The van der Waals surface area contributed by atoms with Gasteiger partial charge in [0.25, 0.3) is 0 Å². The molecule has 0 aliphatic carbocycles. The first-order valence-electron chi connectivity index (χ1n) is 13.3. The number of ether oxygens (including phenoxy) is 4. The van der Waals surface area contributed by atoms with Gasteiger partial charge in [-0.25, -0.2) is 0 Å². The van der Waals surface area contributed by atoms with E-state index in [9.17, 15) is 14.7 Å². The Balaban J connectivity index is 0.000000218. The number of carbonyl (C=O) groups is 2. The lowest BCUT2D eigenvalue weighted by atomic mass is 9.84. The van der Waals surface area contributed by atoms with E-state index in [1.165, 1.54) is 0 Å². The molecular weight excluding hydrogens is 500 g/mol. The Labute approximate surface area is 231 Å². The van der Waals surface area contributed by atoms with Crippen LogP contribution in [-0.4, -0.2) is 57.9 Å². The van der Waals surface area contributed by atoms with Crippen LogP contribution in [0.3, 0.4) is 0 Å². The number of carbonyl (C=O) groups excluding carboxylic acids is 2. The molecule has 39 heavy (non-hydrogen) atoms. The highest BCUT2D eigenvalue weighted by Gasteiger charge is 2.30. The molecule has 2 aliphatic heterocycles. The number of aliphatic hydroxyl groups excluding tert-OH is 1. The Morgan fingerprint density at radius 3 is 1.85 bits per heavy atom. The van der Waals surface area contributed by atoms with Crippen LogP contribution in [0.25, 0.3) is 0 Å². The van der Waals surface area contributed by atoms with Gasteiger partial charge in [-0.05, 0) is 60.1 Å². The van der Waals surface area contributed by atoms with E-state index in [1.54, 1.807) is 40.6 Å². The van der Waals surface area contributed by atoms with Gasteiger partial charge < -0.3 is 34.7 Å². The molecular formula is C30H42N2O7. The molecule has 0 aromatic heterocycles. The highest BCUT2D eigenvalue weighted by Crippen LogP contribution is 2.35. The molecule has 4 atom stereocenters. The third-order valence-electron chi connectivity index (χ3n) is 7.17. The summed E-state index contributed by atoms with van der Waals surface area (Å²) in [6.45, 7) is 5.26. The van der Waals surface area contributed by atoms with E-state index in [1.807, 2.05) is 24.3 Å². The molecule has 4 unspecified atom stereocenters. The second-order valence-electron chi connectivity index (χ2n) is 10.4. The summed E-state index contributed by atoms with van der Waals surface area (Å²) in [6, 6.07) is 11.2. The van der Waals surface area contributed by atoms with Crippen molar-refractivity contribution in [3.8, 4) is 23.0 Å². The van der Waals surface area contributed by atoms with Gasteiger partial charge in [0.05, 0.1) is 47.0 Å². The minimum atomic E-state index is -0.279. The molecule has 2 aliphatic rings. The summed E-state index contributed by atoms with van der Waals surface area (Å²) in [7, 11) is 6.38. The fourth-order valence-corrected chi connectivity index (χ4v) is 5.16. The van der Waals surface area contributed by atoms with Crippen LogP contribution in [0.2, 0.25) is 0 Å². The predicted molar refractivity (Wildman–Crippen MR) is 149 cm³/mol. The first kappa shape index (κ1) is 30.2. The second kappa shape index (κ2) is 14.2. The van der Waals surface area contributed by atoms with Crippen molar-refractivity contribution in [2.24, 2.45) is 11.8 Å². The molecule has 0 bridgehead atoms. The number of hydrogen-bond donors (Lipinski definition) is 3. The number of nitrogens with one attached hydrogen (secondary N) is 2. The van der Waals surface area contributed by atoms with E-state index < -0.39 is 0 Å². The summed E-state index contributed by atoms with van der Waals surface area (Å²) < 4.78 is 21.0. The van der Waals surface area contributed by atoms with E-state index in [-0.39, 0.29) is 36.3 Å². The maximum Gasteiger partial charge on any atom is 0.227 e. The summed E-state index contributed by atoms with van der Waals surface area (Å²) >= 11 is 0. The number of rotatable bonds is 8. The van der Waals surface area contributed by atoms with E-state index >= 15 is 0 Å². The number of ketones is 1. The van der Waals surface area contributed by atoms with Crippen LogP contribution < -0.4 is 29.6 Å². The number of amides is 1. The number of piperidine rings is 2. The summed E-state index contributed by atoms with van der Waals surface area (Å²) in [5, 5.41) is 16.7. The number of Topliss-reactive ketones (excluding diaryl/α,β-unsaturated/α-hetero) is 1. The van der Waals surface area contributed by atoms with Gasteiger partial charge in [0.2, 0.25) is 5.91 Å². The van der Waals surface area contributed by atoms with E-state index in [4.69, 9.17) is 18.9 Å². The lowest BCUT2D eigenvalue weighted by Crippen LogP contribution is -2.42. The van der Waals surface area contributed by atoms with Gasteiger partial charge in [0, 0.05) is 19.0 Å². The van der Waals surface area contributed by atoms with Crippen molar-refractivity contribution < 1.29 is 33.6 Å². The summed E-state index contributed by atoms with van der Waals surface area (Å²) in [6.07, 6.45) is 1.86. The molecule has 0 saturated carbocycles. The third-order valence-corrected chi connectivity index (χ3v) is 7.17. The molecule has 9 nitrogen and oxygen atoms in total. The summed E-state index contributed by atoms with van der Waals surface area (Å²) in [5.74, 6) is 3.36. The summed E-state index contributed by atoms with van der Waals surface area (Å²) in [5.41, 5.74) is 1.98. The largest absolute Gasteiger partial charge is 0.493 e. The normalized spacial score (nSPS) is 22.9. The monoisotopic (exact) mass is 542 g/mol. The molecule has 9 heteroatoms. The zero-order valence-corrected chi connectivity index (χ0v) is 23.8. The minimum absolute atomic E-state index is 0.0240. The molecule has 2 saturated heterocycles. The quantitative estimate of drug-likeness (QED) is 0.429. The Bertz CT molecular complexity index is 1100. The smallest absolute Gasteiger partial charge is 0.227 e. The van der Waals surface area contributed by atoms with Gasteiger partial charge in [-0.1, -0.05) is 26.0 Å². The highest BCUT2D eigenvalue weighted by atomic mass is 16.5. The second-order valence-corrected chi connectivity index (χ2v) is 10.4. The Hall–Kier alpha value is -3.30. The first-order valence-corrected chi connectivity index (χ1v) is 13.3. The summed E-state index contributed by atoms with van der Waals surface area (Å²) in [4.78, 5) is 22.8. The van der Waals surface area contributed by atoms with Crippen LogP contribution in [0.5, 0.6) is 23.0 Å². The maximum absolute atomic E-state index is 11.4. The standard InChI is InChI=1S/C17H27NO3.C13H15NO4/c1-11(2)7-13-10-18-14(9-15(13)19)12-5-6-16(20-3)17(8-12)21-4;1-17-11-4-3-8(5-12(11)18-2)10-6-9(15)7-13(16)14-10/h5-6,8,11,13-15,18-19H,7,9-10H2,1-4H3;3-5,10H,6-7H2,1-2H3,(H,14,16). The maximum atomic E-state index is 11.4. The predicted octanol–water partition coefficient (Wildman–Crippen LogP) is 3.99. The fourth-order valence-electron chi connectivity index (χ4n) is 5.16. The van der Waals surface area contributed by atoms with E-state index in [0.29, 0.717) is 29.8 Å². The molecule has 0 radical (unpaired) electrons. The fraction of sp³-hybridized carbons (Fsp3) is 0.533. The average Bonchev–Trinajstić information content (AvgIpc) is 2.93. The minimum Gasteiger partial charge on any atom is -0.493 e. The van der Waals surface area contributed by atoms with Crippen LogP contribution in [-0.2, 0) is 9.59 Å². The van der Waals surface area contributed by atoms with Crippen molar-refractivity contribution in [2.45, 2.75) is 57.7 Å². The van der Waals surface area contributed by atoms with Crippen molar-refractivity contribution >= 4 is 11.7 Å². The third kappa shape index (κ3) is 8.10. The van der Waals surface area contributed by atoms with Gasteiger partial charge in [-0.2, -0.15) is 0 Å². The van der Waals surface area contributed by atoms with Crippen LogP contribution >= 0.6 is 0 Å². The Morgan fingerprint density at radius 1 is 0.846 bits per heavy atom. The van der Waals surface area contributed by atoms with E-state index in [0.717, 1.165) is 42.0 Å². The molecule has 2 aromatic carbocycles. The molecule has 2 fully saturated rings. The zero-order chi connectivity index (χ0) is 28.5. The first-order chi connectivity index (χ1) is 18.7.